The van der Waals surface area contributed by atoms with E-state index in [1.54, 1.807) is 24.8 Å². The van der Waals surface area contributed by atoms with Crippen molar-refractivity contribution in [1.29, 1.82) is 0 Å². The van der Waals surface area contributed by atoms with Crippen molar-refractivity contribution >= 4 is 60.9 Å². The van der Waals surface area contributed by atoms with Crippen molar-refractivity contribution in [3.63, 3.8) is 0 Å². The zero-order valence-electron chi connectivity index (χ0n) is 30.4. The Labute approximate surface area is 329 Å². The zero-order valence-corrected chi connectivity index (χ0v) is 31.2. The van der Waals surface area contributed by atoms with Gasteiger partial charge >= 0.3 is 0 Å². The molecule has 3 aromatic carbocycles. The van der Waals surface area contributed by atoms with Gasteiger partial charge in [-0.1, -0.05) is 109 Å². The molecule has 0 bridgehead atoms. The molecule has 11 rings (SSSR count). The number of fused-ring (bicyclic) bond motifs is 7. The summed E-state index contributed by atoms with van der Waals surface area (Å²) in [5.74, 6) is 0. The molecule has 0 fully saturated rings. The lowest BCUT2D eigenvalue weighted by Gasteiger charge is -2.01. The van der Waals surface area contributed by atoms with E-state index in [1.165, 1.54) is 31.5 Å². The molecule has 0 saturated heterocycles. The van der Waals surface area contributed by atoms with E-state index in [0.717, 1.165) is 50.8 Å². The molecule has 0 saturated carbocycles. The molecule has 268 valence electrons. The summed E-state index contributed by atoms with van der Waals surface area (Å²) in [6.45, 7) is 0. The minimum absolute atomic E-state index is 0.915. The first kappa shape index (κ1) is 35.8. The number of hydrogen-bond acceptors (Lipinski definition) is 7. The van der Waals surface area contributed by atoms with Gasteiger partial charge in [0.2, 0.25) is 0 Å². The molecular formula is C49H36N6S. The summed E-state index contributed by atoms with van der Waals surface area (Å²) >= 11 is 1.84. The lowest BCUT2D eigenvalue weighted by molar-refractivity contribution is 1.25. The van der Waals surface area contributed by atoms with E-state index >= 15 is 0 Å². The Morgan fingerprint density at radius 1 is 0.393 bits per heavy atom. The molecule has 7 heteroatoms. The van der Waals surface area contributed by atoms with Crippen LogP contribution in [0.15, 0.2) is 201 Å². The number of aromatic nitrogens is 6. The van der Waals surface area contributed by atoms with Crippen molar-refractivity contribution < 1.29 is 0 Å². The van der Waals surface area contributed by atoms with Crippen LogP contribution < -0.4 is 0 Å². The number of benzene rings is 3. The Morgan fingerprint density at radius 2 is 0.875 bits per heavy atom. The predicted octanol–water partition coefficient (Wildman–Crippen LogP) is 12.3. The van der Waals surface area contributed by atoms with Crippen LogP contribution in [-0.4, -0.2) is 29.9 Å². The number of thiophene rings is 1. The molecule has 0 aliphatic heterocycles. The first-order valence-corrected chi connectivity index (χ1v) is 19.1. The first-order valence-electron chi connectivity index (χ1n) is 18.3. The SMILES string of the molecule is C1=CCc2sc(-c3ccccn3)cc2C=C1.c1ccc(-c2ccccn2)nc1.c1ccc2c(c1)ccc1cccnc12.c1cnc2c(c1)ccc1cccnc12. The van der Waals surface area contributed by atoms with E-state index in [1.807, 2.05) is 90.5 Å². The minimum Gasteiger partial charge on any atom is -0.256 e. The van der Waals surface area contributed by atoms with E-state index < -0.39 is 0 Å². The summed E-state index contributed by atoms with van der Waals surface area (Å²) < 4.78 is 0. The maximum absolute atomic E-state index is 4.41. The average Bonchev–Trinajstić information content (AvgIpc) is 3.57. The summed E-state index contributed by atoms with van der Waals surface area (Å²) in [5.41, 5.74) is 7.27. The first-order chi connectivity index (χ1) is 27.8. The van der Waals surface area contributed by atoms with Gasteiger partial charge in [-0.05, 0) is 71.6 Å². The Balaban J connectivity index is 0.000000106. The number of nitrogens with zero attached hydrogens (tertiary/aromatic N) is 6. The summed E-state index contributed by atoms with van der Waals surface area (Å²) in [5, 5.41) is 5.95. The smallest absolute Gasteiger partial charge is 0.0964 e. The van der Waals surface area contributed by atoms with Crippen LogP contribution in [0.25, 0.3) is 71.5 Å². The molecule has 7 aromatic heterocycles. The van der Waals surface area contributed by atoms with Crippen LogP contribution >= 0.6 is 11.3 Å². The molecule has 0 N–H and O–H groups in total. The highest BCUT2D eigenvalue weighted by atomic mass is 32.1. The second-order valence-corrected chi connectivity index (χ2v) is 13.8. The van der Waals surface area contributed by atoms with E-state index in [2.05, 4.69) is 133 Å². The van der Waals surface area contributed by atoms with Crippen LogP contribution in [0, 0.1) is 0 Å². The number of pyridine rings is 6. The van der Waals surface area contributed by atoms with Gasteiger partial charge in [0.15, 0.2) is 0 Å². The summed E-state index contributed by atoms with van der Waals surface area (Å²) in [6.07, 6.45) is 20.4. The zero-order chi connectivity index (χ0) is 37.8. The van der Waals surface area contributed by atoms with E-state index in [9.17, 15) is 0 Å². The molecular weight excluding hydrogens is 705 g/mol. The summed E-state index contributed by atoms with van der Waals surface area (Å²) in [6, 6.07) is 48.7. The molecule has 0 atom stereocenters. The molecule has 0 spiro atoms. The Morgan fingerprint density at radius 3 is 1.46 bits per heavy atom. The highest BCUT2D eigenvalue weighted by molar-refractivity contribution is 7.15. The molecule has 1 aliphatic rings. The Bertz CT molecular complexity index is 2630. The van der Waals surface area contributed by atoms with Crippen LogP contribution in [-0.2, 0) is 6.42 Å². The largest absolute Gasteiger partial charge is 0.256 e. The average molecular weight is 741 g/mol. The molecule has 56 heavy (non-hydrogen) atoms. The van der Waals surface area contributed by atoms with Gasteiger partial charge in [0.25, 0.3) is 0 Å². The number of rotatable bonds is 2. The Kier molecular flexibility index (Phi) is 11.3. The molecule has 1 aliphatic carbocycles. The van der Waals surface area contributed by atoms with Gasteiger partial charge in [-0.3, -0.25) is 29.9 Å². The van der Waals surface area contributed by atoms with Gasteiger partial charge in [-0.2, -0.15) is 0 Å². The highest BCUT2D eigenvalue weighted by Gasteiger charge is 2.09. The molecule has 7 heterocycles. The third-order valence-electron chi connectivity index (χ3n) is 9.02. The fourth-order valence-corrected chi connectivity index (χ4v) is 7.42. The van der Waals surface area contributed by atoms with E-state index in [0.29, 0.717) is 0 Å². The van der Waals surface area contributed by atoms with Crippen LogP contribution in [0.2, 0.25) is 0 Å². The molecule has 0 amide bonds. The lowest BCUT2D eigenvalue weighted by Crippen LogP contribution is -1.83. The van der Waals surface area contributed by atoms with E-state index in [-0.39, 0.29) is 0 Å². The van der Waals surface area contributed by atoms with E-state index in [4.69, 9.17) is 0 Å². The topological polar surface area (TPSA) is 77.3 Å². The van der Waals surface area contributed by atoms with Crippen LogP contribution in [0.5, 0.6) is 0 Å². The van der Waals surface area contributed by atoms with Crippen molar-refractivity contribution in [1.82, 2.24) is 29.9 Å². The summed E-state index contributed by atoms with van der Waals surface area (Å²) in [7, 11) is 0. The van der Waals surface area contributed by atoms with Gasteiger partial charge in [0.05, 0.1) is 38.5 Å². The molecule has 10 aromatic rings. The lowest BCUT2D eigenvalue weighted by atomic mass is 10.1. The minimum atomic E-state index is 0.915. The van der Waals surface area contributed by atoms with Crippen molar-refractivity contribution in [2.24, 2.45) is 0 Å². The van der Waals surface area contributed by atoms with Crippen molar-refractivity contribution in [3.05, 3.63) is 211 Å². The fourth-order valence-electron chi connectivity index (χ4n) is 6.31. The van der Waals surface area contributed by atoms with Crippen molar-refractivity contribution in [2.75, 3.05) is 0 Å². The third kappa shape index (κ3) is 8.60. The summed E-state index contributed by atoms with van der Waals surface area (Å²) in [4.78, 5) is 28.5. The standard InChI is InChI=1S/C14H11NS.C13H9N.C12H8N2.C10H8N2/c1-2-6-11-10-14(16-13(11)8-3-1)12-7-4-5-9-15-12;1-2-6-12-10(4-1)7-8-11-5-3-9-14-13(11)12;1-3-9-5-6-10-4-2-8-14-12(10)11(9)13-7-1;1-3-7-11-9(5-1)10-6-2-4-8-12-10/h1-7,9-10H,8H2;1-9H;1-8H;1-8H. The molecule has 6 nitrogen and oxygen atoms in total. The van der Waals surface area contributed by atoms with Gasteiger partial charge in [0, 0.05) is 70.0 Å². The maximum Gasteiger partial charge on any atom is 0.0964 e. The van der Waals surface area contributed by atoms with Crippen LogP contribution in [0.1, 0.15) is 10.4 Å². The van der Waals surface area contributed by atoms with Gasteiger partial charge in [-0.15, -0.1) is 11.3 Å². The number of hydrogen-bond donors (Lipinski definition) is 0. The number of allylic oxidation sites excluding steroid dienone is 3. The van der Waals surface area contributed by atoms with Crippen LogP contribution in [0.3, 0.4) is 0 Å². The van der Waals surface area contributed by atoms with Crippen LogP contribution in [0.4, 0.5) is 0 Å². The maximum atomic E-state index is 4.41. The second-order valence-electron chi connectivity index (χ2n) is 12.7. The highest BCUT2D eigenvalue weighted by Crippen LogP contribution is 2.32. The predicted molar refractivity (Wildman–Crippen MR) is 233 cm³/mol. The van der Waals surface area contributed by atoms with Gasteiger partial charge in [0.1, 0.15) is 0 Å². The fraction of sp³-hybridized carbons (Fsp3) is 0.0204. The van der Waals surface area contributed by atoms with Crippen molar-refractivity contribution in [2.45, 2.75) is 6.42 Å². The molecule has 0 radical (unpaired) electrons. The van der Waals surface area contributed by atoms with Gasteiger partial charge < -0.3 is 0 Å². The third-order valence-corrected chi connectivity index (χ3v) is 10.2. The Hall–Kier alpha value is -7.22. The monoisotopic (exact) mass is 740 g/mol. The quantitative estimate of drug-likeness (QED) is 0.164. The normalized spacial score (nSPS) is 11.4. The van der Waals surface area contributed by atoms with Gasteiger partial charge in [-0.25, -0.2) is 0 Å². The van der Waals surface area contributed by atoms with Crippen molar-refractivity contribution in [3.8, 4) is 22.0 Å². The second kappa shape index (κ2) is 17.7. The molecule has 0 unspecified atom stereocenters.